The summed E-state index contributed by atoms with van der Waals surface area (Å²) >= 11 is 7.44. The molecule has 0 saturated carbocycles. The van der Waals surface area contributed by atoms with Gasteiger partial charge in [0.1, 0.15) is 0 Å². The molecule has 2 fully saturated rings. The van der Waals surface area contributed by atoms with Crippen LogP contribution in [0.4, 0.5) is 0 Å². The Morgan fingerprint density at radius 3 is 2.24 bits per heavy atom. The Kier molecular flexibility index (Phi) is 6.50. The van der Waals surface area contributed by atoms with Crippen LogP contribution in [0.5, 0.6) is 0 Å². The Hall–Kier alpha value is -1.93. The van der Waals surface area contributed by atoms with Crippen LogP contribution in [0.15, 0.2) is 36.4 Å². The summed E-state index contributed by atoms with van der Waals surface area (Å²) in [6.45, 7) is 5.74. The fraction of sp³-hybridized carbons (Fsp3) is 0.429. The first-order chi connectivity index (χ1) is 14.1. The summed E-state index contributed by atoms with van der Waals surface area (Å²) in [6.07, 6.45) is 0. The van der Waals surface area contributed by atoms with E-state index in [0.717, 1.165) is 28.4 Å². The van der Waals surface area contributed by atoms with E-state index in [0.29, 0.717) is 51.0 Å². The Labute approximate surface area is 179 Å². The molecule has 0 bridgehead atoms. The number of nitrogens with zero attached hydrogens (tertiary/aromatic N) is 3. The van der Waals surface area contributed by atoms with Gasteiger partial charge in [-0.15, -0.1) is 11.3 Å². The van der Waals surface area contributed by atoms with Crippen LogP contribution < -0.4 is 0 Å². The molecular weight excluding hydrogens is 410 g/mol. The number of rotatable bonds is 4. The highest BCUT2D eigenvalue weighted by Gasteiger charge is 2.27. The summed E-state index contributed by atoms with van der Waals surface area (Å²) in [5.74, 6) is 0.177. The van der Waals surface area contributed by atoms with Crippen LogP contribution in [-0.2, 0) is 9.53 Å². The lowest BCUT2D eigenvalue weighted by Crippen LogP contribution is -2.53. The van der Waals surface area contributed by atoms with E-state index in [-0.39, 0.29) is 11.8 Å². The molecule has 154 valence electrons. The van der Waals surface area contributed by atoms with Crippen molar-refractivity contribution < 1.29 is 14.3 Å². The normalized spacial score (nSPS) is 18.1. The predicted molar refractivity (Wildman–Crippen MR) is 115 cm³/mol. The van der Waals surface area contributed by atoms with Crippen molar-refractivity contribution in [2.24, 2.45) is 0 Å². The molecule has 2 aliphatic rings. The predicted octanol–water partition coefficient (Wildman–Crippen LogP) is 2.69. The number of carbonyl (C=O) groups excluding carboxylic acids is 2. The summed E-state index contributed by atoms with van der Waals surface area (Å²) in [7, 11) is 0. The molecule has 6 nitrogen and oxygen atoms in total. The van der Waals surface area contributed by atoms with Crippen molar-refractivity contribution in [3.8, 4) is 10.4 Å². The third kappa shape index (κ3) is 4.98. The van der Waals surface area contributed by atoms with E-state index in [4.69, 9.17) is 16.3 Å². The van der Waals surface area contributed by atoms with Gasteiger partial charge in [0, 0.05) is 49.2 Å². The molecule has 1 aromatic heterocycles. The lowest BCUT2D eigenvalue weighted by atomic mass is 10.2. The molecule has 8 heteroatoms. The Morgan fingerprint density at radius 1 is 0.897 bits per heavy atom. The summed E-state index contributed by atoms with van der Waals surface area (Å²) in [5, 5.41) is 0.697. The molecule has 29 heavy (non-hydrogen) atoms. The first-order valence-corrected chi connectivity index (χ1v) is 11.0. The molecule has 0 unspecified atom stereocenters. The molecule has 0 radical (unpaired) electrons. The third-order valence-electron chi connectivity index (χ3n) is 5.33. The molecule has 2 saturated heterocycles. The van der Waals surface area contributed by atoms with E-state index in [1.807, 2.05) is 46.2 Å². The second-order valence-electron chi connectivity index (χ2n) is 7.23. The van der Waals surface area contributed by atoms with E-state index in [9.17, 15) is 9.59 Å². The topological polar surface area (TPSA) is 53.1 Å². The highest BCUT2D eigenvalue weighted by Crippen LogP contribution is 2.30. The molecule has 3 heterocycles. The minimum atomic E-state index is 0.0375. The number of amides is 2. The second-order valence-corrected chi connectivity index (χ2v) is 8.75. The number of halogens is 1. The lowest BCUT2D eigenvalue weighted by Gasteiger charge is -2.36. The fourth-order valence-corrected chi connectivity index (χ4v) is 4.69. The molecule has 2 aliphatic heterocycles. The van der Waals surface area contributed by atoms with Gasteiger partial charge in [-0.1, -0.05) is 23.7 Å². The quantitative estimate of drug-likeness (QED) is 0.744. The van der Waals surface area contributed by atoms with Gasteiger partial charge in [-0.05, 0) is 29.8 Å². The van der Waals surface area contributed by atoms with Gasteiger partial charge in [-0.2, -0.15) is 0 Å². The number of ether oxygens (including phenoxy) is 1. The second kappa shape index (κ2) is 9.26. The maximum Gasteiger partial charge on any atom is 0.264 e. The highest BCUT2D eigenvalue weighted by molar-refractivity contribution is 7.17. The van der Waals surface area contributed by atoms with Crippen molar-refractivity contribution in [1.82, 2.24) is 14.7 Å². The number of carbonyl (C=O) groups is 2. The summed E-state index contributed by atoms with van der Waals surface area (Å²) in [5.41, 5.74) is 1.05. The maximum absolute atomic E-state index is 12.9. The van der Waals surface area contributed by atoms with Crippen molar-refractivity contribution in [3.05, 3.63) is 46.3 Å². The lowest BCUT2D eigenvalue weighted by molar-refractivity contribution is -0.134. The van der Waals surface area contributed by atoms with Crippen LogP contribution in [0.1, 0.15) is 9.67 Å². The van der Waals surface area contributed by atoms with Crippen molar-refractivity contribution in [2.75, 3.05) is 59.0 Å². The first kappa shape index (κ1) is 20.3. The van der Waals surface area contributed by atoms with Crippen molar-refractivity contribution in [3.63, 3.8) is 0 Å². The van der Waals surface area contributed by atoms with Gasteiger partial charge in [-0.25, -0.2) is 0 Å². The minimum Gasteiger partial charge on any atom is -0.379 e. The van der Waals surface area contributed by atoms with Crippen LogP contribution in [0.2, 0.25) is 5.02 Å². The third-order valence-corrected chi connectivity index (χ3v) is 6.70. The Bertz CT molecular complexity index is 856. The van der Waals surface area contributed by atoms with Crippen molar-refractivity contribution in [1.29, 1.82) is 0 Å². The number of thiophene rings is 1. The number of benzene rings is 1. The molecule has 0 aliphatic carbocycles. The largest absolute Gasteiger partial charge is 0.379 e. The van der Waals surface area contributed by atoms with Gasteiger partial charge in [-0.3, -0.25) is 14.5 Å². The number of piperazine rings is 1. The minimum absolute atomic E-state index is 0.0375. The van der Waals surface area contributed by atoms with E-state index < -0.39 is 0 Å². The Balaban J connectivity index is 1.31. The molecule has 1 aromatic carbocycles. The van der Waals surface area contributed by atoms with Gasteiger partial charge in [0.05, 0.1) is 24.6 Å². The molecule has 0 atom stereocenters. The van der Waals surface area contributed by atoms with Crippen molar-refractivity contribution in [2.45, 2.75) is 0 Å². The van der Waals surface area contributed by atoms with Crippen LogP contribution in [0, 0.1) is 0 Å². The first-order valence-electron chi connectivity index (χ1n) is 9.83. The van der Waals surface area contributed by atoms with Crippen LogP contribution >= 0.6 is 22.9 Å². The zero-order valence-electron chi connectivity index (χ0n) is 16.2. The molecule has 2 amide bonds. The monoisotopic (exact) mass is 433 g/mol. The Morgan fingerprint density at radius 2 is 1.55 bits per heavy atom. The van der Waals surface area contributed by atoms with Crippen molar-refractivity contribution >= 4 is 34.8 Å². The molecule has 0 spiro atoms. The summed E-state index contributed by atoms with van der Waals surface area (Å²) in [6, 6.07) is 11.5. The number of hydrogen-bond donors (Lipinski definition) is 0. The van der Waals surface area contributed by atoms with Gasteiger partial charge in [0.15, 0.2) is 0 Å². The van der Waals surface area contributed by atoms with Gasteiger partial charge >= 0.3 is 0 Å². The smallest absolute Gasteiger partial charge is 0.264 e. The standard InChI is InChI=1S/C21H24ClN3O3S/c22-17-3-1-16(2-4-17)18-5-6-19(29-18)21(27)25-9-7-24(8-10-25)20(26)15-23-11-13-28-14-12-23/h1-6H,7-15H2. The summed E-state index contributed by atoms with van der Waals surface area (Å²) in [4.78, 5) is 33.0. The maximum atomic E-state index is 12.9. The number of morpholine rings is 1. The molecule has 4 rings (SSSR count). The molecule has 2 aromatic rings. The van der Waals surface area contributed by atoms with E-state index in [2.05, 4.69) is 4.90 Å². The van der Waals surface area contributed by atoms with Gasteiger partial charge in [0.25, 0.3) is 5.91 Å². The molecule has 0 N–H and O–H groups in total. The van der Waals surface area contributed by atoms with E-state index >= 15 is 0 Å². The van der Waals surface area contributed by atoms with Crippen LogP contribution in [0.25, 0.3) is 10.4 Å². The summed E-state index contributed by atoms with van der Waals surface area (Å²) < 4.78 is 5.33. The van der Waals surface area contributed by atoms with E-state index in [1.165, 1.54) is 11.3 Å². The fourth-order valence-electron chi connectivity index (χ4n) is 3.59. The van der Waals surface area contributed by atoms with Gasteiger partial charge < -0.3 is 14.5 Å². The van der Waals surface area contributed by atoms with Crippen LogP contribution in [-0.4, -0.2) is 85.5 Å². The molecular formula is C21H24ClN3O3S. The average molecular weight is 434 g/mol. The highest BCUT2D eigenvalue weighted by atomic mass is 35.5. The SMILES string of the molecule is O=C(CN1CCOCC1)N1CCN(C(=O)c2ccc(-c3ccc(Cl)cc3)s2)CC1. The number of hydrogen-bond acceptors (Lipinski definition) is 5. The van der Waals surface area contributed by atoms with Gasteiger partial charge in [0.2, 0.25) is 5.91 Å². The van der Waals surface area contributed by atoms with E-state index in [1.54, 1.807) is 0 Å². The van der Waals surface area contributed by atoms with Crippen LogP contribution in [0.3, 0.4) is 0 Å². The zero-order valence-corrected chi connectivity index (χ0v) is 17.8. The average Bonchev–Trinajstić information content (AvgIpc) is 3.25. The zero-order chi connectivity index (χ0) is 20.2.